The Morgan fingerprint density at radius 2 is 2.50 bits per heavy atom. The lowest BCUT2D eigenvalue weighted by Gasteiger charge is -2.12. The van der Waals surface area contributed by atoms with Crippen molar-refractivity contribution in [2.24, 2.45) is 0 Å². The molecule has 0 aromatic heterocycles. The molecule has 2 heterocycles. The van der Waals surface area contributed by atoms with Crippen molar-refractivity contribution in [2.45, 2.75) is 25.3 Å². The number of rotatable bonds is 0. The number of fused-ring (bicyclic) bond motifs is 1. The monoisotopic (exact) mass is 143 g/mol. The molecule has 0 amide bonds. The van der Waals surface area contributed by atoms with E-state index in [1.165, 1.54) is 0 Å². The van der Waals surface area contributed by atoms with Gasteiger partial charge in [-0.25, -0.2) is 4.90 Å². The van der Waals surface area contributed by atoms with Crippen LogP contribution >= 0.6 is 0 Å². The summed E-state index contributed by atoms with van der Waals surface area (Å²) in [6, 6.07) is -0.157. The lowest BCUT2D eigenvalue weighted by Crippen LogP contribution is -2.32. The van der Waals surface area contributed by atoms with Crippen molar-refractivity contribution in [1.29, 1.82) is 0 Å². The molecule has 56 valence electrons. The summed E-state index contributed by atoms with van der Waals surface area (Å²) in [7, 11) is 0. The third-order valence-electron chi connectivity index (χ3n) is 2.07. The topological polar surface area (TPSA) is 49.8 Å². The van der Waals surface area contributed by atoms with E-state index in [1.54, 1.807) is 4.90 Å². The predicted octanol–water partition coefficient (Wildman–Crippen LogP) is -0.717. The summed E-state index contributed by atoms with van der Waals surface area (Å²) in [6.07, 6.45) is 0.840. The van der Waals surface area contributed by atoms with Crippen LogP contribution in [0.4, 0.5) is 0 Å². The molecule has 2 atom stereocenters. The number of hydrogen-bond donors (Lipinski definition) is 1. The number of hydrogen-bond acceptors (Lipinski definition) is 4. The van der Waals surface area contributed by atoms with E-state index in [1.807, 2.05) is 0 Å². The van der Waals surface area contributed by atoms with Crippen molar-refractivity contribution in [3.8, 4) is 0 Å². The van der Waals surface area contributed by atoms with E-state index in [0.29, 0.717) is 0 Å². The van der Waals surface area contributed by atoms with Crippen LogP contribution in [0.5, 0.6) is 0 Å². The fourth-order valence-corrected chi connectivity index (χ4v) is 1.56. The summed E-state index contributed by atoms with van der Waals surface area (Å²) < 4.78 is 4.57. The molecule has 0 spiro atoms. The largest absolute Gasteiger partial charge is 0.420 e. The van der Waals surface area contributed by atoms with Crippen LogP contribution in [0.1, 0.15) is 12.8 Å². The molecule has 0 aliphatic carbocycles. The second kappa shape index (κ2) is 1.93. The number of carbonyl (C=O) groups is 1. The number of cyclic esters (lactones) is 1. The summed E-state index contributed by atoms with van der Waals surface area (Å²) in [5.74, 6) is -0.273. The second-order valence-electron chi connectivity index (χ2n) is 2.66. The minimum atomic E-state index is -0.972. The van der Waals surface area contributed by atoms with Gasteiger partial charge in [-0.15, -0.1) is 0 Å². The highest BCUT2D eigenvalue weighted by molar-refractivity contribution is 5.77. The van der Waals surface area contributed by atoms with E-state index in [0.717, 1.165) is 19.4 Å². The highest BCUT2D eigenvalue weighted by Gasteiger charge is 2.43. The maximum Gasteiger partial charge on any atom is 0.326 e. The summed E-state index contributed by atoms with van der Waals surface area (Å²) in [4.78, 5) is 12.5. The first-order valence-electron chi connectivity index (χ1n) is 3.43. The summed E-state index contributed by atoms with van der Waals surface area (Å²) in [5, 5.41) is 9.05. The van der Waals surface area contributed by atoms with Gasteiger partial charge < -0.3 is 9.84 Å². The molecule has 0 saturated carbocycles. The summed E-state index contributed by atoms with van der Waals surface area (Å²) >= 11 is 0. The zero-order valence-corrected chi connectivity index (χ0v) is 5.49. The van der Waals surface area contributed by atoms with Gasteiger partial charge in [-0.05, 0) is 12.8 Å². The maximum absolute atomic E-state index is 10.8. The Bertz CT molecular complexity index is 170. The van der Waals surface area contributed by atoms with Gasteiger partial charge in [0.25, 0.3) is 6.41 Å². The molecule has 4 heteroatoms. The lowest BCUT2D eigenvalue weighted by atomic mass is 10.2. The Morgan fingerprint density at radius 1 is 1.70 bits per heavy atom. The minimum Gasteiger partial charge on any atom is -0.420 e. The molecule has 0 bridgehead atoms. The van der Waals surface area contributed by atoms with Crippen molar-refractivity contribution in [2.75, 3.05) is 6.54 Å². The summed E-state index contributed by atoms with van der Waals surface area (Å²) in [5.41, 5.74) is 0. The third kappa shape index (κ3) is 0.660. The molecule has 2 unspecified atom stereocenters. The van der Waals surface area contributed by atoms with Crippen molar-refractivity contribution in [1.82, 2.24) is 4.90 Å². The van der Waals surface area contributed by atoms with Gasteiger partial charge in [-0.2, -0.15) is 0 Å². The van der Waals surface area contributed by atoms with E-state index >= 15 is 0 Å². The normalized spacial score (nSPS) is 39.9. The van der Waals surface area contributed by atoms with Crippen molar-refractivity contribution >= 4 is 5.97 Å². The van der Waals surface area contributed by atoms with E-state index in [2.05, 4.69) is 4.74 Å². The van der Waals surface area contributed by atoms with Crippen LogP contribution in [0.15, 0.2) is 0 Å². The molecule has 0 aromatic carbocycles. The first-order chi connectivity index (χ1) is 4.79. The van der Waals surface area contributed by atoms with E-state index in [9.17, 15) is 4.79 Å². The predicted molar refractivity (Wildman–Crippen MR) is 31.8 cm³/mol. The Hall–Kier alpha value is -0.610. The number of esters is 1. The van der Waals surface area contributed by atoms with Gasteiger partial charge in [0.1, 0.15) is 6.04 Å². The van der Waals surface area contributed by atoms with Crippen LogP contribution < -0.4 is 0 Å². The molecule has 4 nitrogen and oxygen atoms in total. The number of nitrogens with zero attached hydrogens (tertiary/aromatic N) is 1. The molecule has 2 aliphatic heterocycles. The number of ether oxygens (including phenoxy) is 1. The van der Waals surface area contributed by atoms with E-state index < -0.39 is 6.41 Å². The van der Waals surface area contributed by atoms with Crippen molar-refractivity contribution in [3.05, 3.63) is 0 Å². The smallest absolute Gasteiger partial charge is 0.326 e. The van der Waals surface area contributed by atoms with Crippen LogP contribution in [0.25, 0.3) is 0 Å². The van der Waals surface area contributed by atoms with Crippen molar-refractivity contribution in [3.63, 3.8) is 0 Å². The minimum absolute atomic E-state index is 0.157. The Balaban J connectivity index is 2.19. The molecule has 0 aromatic rings. The van der Waals surface area contributed by atoms with Crippen LogP contribution in [0, 0.1) is 0 Å². The molecule has 2 rings (SSSR count). The van der Waals surface area contributed by atoms with E-state index in [4.69, 9.17) is 5.11 Å². The molecule has 0 radical (unpaired) electrons. The van der Waals surface area contributed by atoms with Crippen LogP contribution in [-0.2, 0) is 9.53 Å². The van der Waals surface area contributed by atoms with Gasteiger partial charge in [-0.3, -0.25) is 4.79 Å². The molecule has 2 saturated heterocycles. The molecule has 1 N–H and O–H groups in total. The Kier molecular flexibility index (Phi) is 1.18. The fourth-order valence-electron chi connectivity index (χ4n) is 1.56. The Labute approximate surface area is 58.4 Å². The van der Waals surface area contributed by atoms with Crippen LogP contribution in [-0.4, -0.2) is 35.0 Å². The summed E-state index contributed by atoms with van der Waals surface area (Å²) in [6.45, 7) is 0.775. The molecular formula is C6H9NO3. The quantitative estimate of drug-likeness (QED) is 0.455. The second-order valence-corrected chi connectivity index (χ2v) is 2.66. The molecular weight excluding hydrogens is 134 g/mol. The molecule has 2 fully saturated rings. The highest BCUT2D eigenvalue weighted by Crippen LogP contribution is 2.26. The van der Waals surface area contributed by atoms with E-state index in [-0.39, 0.29) is 12.0 Å². The average Bonchev–Trinajstić information content (AvgIpc) is 2.39. The standard InChI is InChI=1S/C6H9NO3/c8-5-4-2-1-3-7(4)6(9)10-5/h4,6,9H,1-3H2. The van der Waals surface area contributed by atoms with Crippen LogP contribution in [0.3, 0.4) is 0 Å². The molecule has 10 heavy (non-hydrogen) atoms. The van der Waals surface area contributed by atoms with Crippen LogP contribution in [0.2, 0.25) is 0 Å². The number of aliphatic hydroxyl groups is 1. The molecule has 2 aliphatic rings. The highest BCUT2D eigenvalue weighted by atomic mass is 16.7. The first-order valence-corrected chi connectivity index (χ1v) is 3.43. The number of aliphatic hydroxyl groups excluding tert-OH is 1. The van der Waals surface area contributed by atoms with Gasteiger partial charge in [0.15, 0.2) is 0 Å². The first kappa shape index (κ1) is 6.12. The zero-order valence-electron chi connectivity index (χ0n) is 5.49. The van der Waals surface area contributed by atoms with Crippen molar-refractivity contribution < 1.29 is 14.6 Å². The fraction of sp³-hybridized carbons (Fsp3) is 0.833. The average molecular weight is 143 g/mol. The SMILES string of the molecule is O=C1OC(O)N2CCCC12. The van der Waals surface area contributed by atoms with Gasteiger partial charge in [-0.1, -0.05) is 0 Å². The Morgan fingerprint density at radius 3 is 3.20 bits per heavy atom. The third-order valence-corrected chi connectivity index (χ3v) is 2.07. The van der Waals surface area contributed by atoms with Gasteiger partial charge in [0.2, 0.25) is 0 Å². The van der Waals surface area contributed by atoms with Gasteiger partial charge in [0, 0.05) is 6.54 Å². The maximum atomic E-state index is 10.8. The van der Waals surface area contributed by atoms with Gasteiger partial charge >= 0.3 is 5.97 Å². The lowest BCUT2D eigenvalue weighted by molar-refractivity contribution is -0.165. The zero-order chi connectivity index (χ0) is 7.14. The number of carbonyl (C=O) groups excluding carboxylic acids is 1. The van der Waals surface area contributed by atoms with Gasteiger partial charge in [0.05, 0.1) is 0 Å².